The first-order chi connectivity index (χ1) is 11.2. The zero-order valence-electron chi connectivity index (χ0n) is 13.4. The Kier molecular flexibility index (Phi) is 4.28. The number of carbonyl (C=O) groups is 1. The Morgan fingerprint density at radius 1 is 1.39 bits per heavy atom. The van der Waals surface area contributed by atoms with Crippen LogP contribution in [0.5, 0.6) is 0 Å². The van der Waals surface area contributed by atoms with Gasteiger partial charge in [0, 0.05) is 23.4 Å². The largest absolute Gasteiger partial charge is 0.342 e. The van der Waals surface area contributed by atoms with Crippen LogP contribution >= 0.6 is 23.1 Å². The number of aryl methyl sites for hydroxylation is 1. The molecule has 0 unspecified atom stereocenters. The Hall–Kier alpha value is -1.14. The second-order valence-corrected chi connectivity index (χ2v) is 8.63. The molecule has 2 aromatic heterocycles. The predicted molar refractivity (Wildman–Crippen MR) is 95.1 cm³/mol. The Labute approximate surface area is 144 Å². The van der Waals surface area contributed by atoms with E-state index < -0.39 is 0 Å². The molecule has 6 heteroatoms. The molecule has 0 bridgehead atoms. The summed E-state index contributed by atoms with van der Waals surface area (Å²) in [6.07, 6.45) is 7.46. The van der Waals surface area contributed by atoms with E-state index in [1.54, 1.807) is 18.1 Å². The van der Waals surface area contributed by atoms with Gasteiger partial charge in [0.1, 0.15) is 16.2 Å². The van der Waals surface area contributed by atoms with Crippen LogP contribution in [0.15, 0.2) is 11.4 Å². The second kappa shape index (κ2) is 6.40. The number of fused-ring (bicyclic) bond motifs is 3. The van der Waals surface area contributed by atoms with E-state index in [4.69, 9.17) is 0 Å². The molecule has 0 N–H and O–H groups in total. The number of likely N-dealkylation sites (tertiary alicyclic amines) is 1. The second-order valence-electron chi connectivity index (χ2n) is 6.59. The molecule has 1 saturated heterocycles. The summed E-state index contributed by atoms with van der Waals surface area (Å²) in [7, 11) is 0. The van der Waals surface area contributed by atoms with E-state index in [1.165, 1.54) is 22.2 Å². The maximum Gasteiger partial charge on any atom is 0.232 e. The number of nitrogens with zero attached hydrogens (tertiary/aromatic N) is 3. The molecule has 0 radical (unpaired) electrons. The average molecular weight is 348 g/mol. The van der Waals surface area contributed by atoms with Crippen LogP contribution in [0.4, 0.5) is 0 Å². The third-order valence-corrected chi connectivity index (χ3v) is 6.98. The molecule has 1 fully saturated rings. The van der Waals surface area contributed by atoms with Gasteiger partial charge in [0.25, 0.3) is 0 Å². The number of thioether (sulfide) groups is 1. The quantitative estimate of drug-likeness (QED) is 0.629. The zero-order valence-corrected chi connectivity index (χ0v) is 15.0. The summed E-state index contributed by atoms with van der Waals surface area (Å²) in [5.41, 5.74) is 1.44. The molecule has 0 saturated carbocycles. The summed E-state index contributed by atoms with van der Waals surface area (Å²) in [4.78, 5) is 25.8. The molecular weight excluding hydrogens is 326 g/mol. The smallest absolute Gasteiger partial charge is 0.232 e. The van der Waals surface area contributed by atoms with Gasteiger partial charge >= 0.3 is 0 Å². The SMILES string of the molecule is C[C@@H]1CCc2c(sc3ncnc(SCC(=O)N4CCCC4)c23)C1. The van der Waals surface area contributed by atoms with Crippen molar-refractivity contribution in [2.45, 2.75) is 44.1 Å². The van der Waals surface area contributed by atoms with E-state index in [1.807, 2.05) is 16.2 Å². The minimum Gasteiger partial charge on any atom is -0.342 e. The van der Waals surface area contributed by atoms with Crippen molar-refractivity contribution in [2.75, 3.05) is 18.8 Å². The molecule has 1 atom stereocenters. The van der Waals surface area contributed by atoms with Crippen LogP contribution in [0.3, 0.4) is 0 Å². The number of carbonyl (C=O) groups excluding carboxylic acids is 1. The van der Waals surface area contributed by atoms with E-state index in [-0.39, 0.29) is 5.91 Å². The Balaban J connectivity index is 1.58. The van der Waals surface area contributed by atoms with Crippen LogP contribution in [0, 0.1) is 5.92 Å². The summed E-state index contributed by atoms with van der Waals surface area (Å²) < 4.78 is 0. The summed E-state index contributed by atoms with van der Waals surface area (Å²) >= 11 is 3.40. The first-order valence-corrected chi connectivity index (χ1v) is 10.2. The van der Waals surface area contributed by atoms with Crippen LogP contribution in [0.1, 0.15) is 36.6 Å². The predicted octanol–water partition coefficient (Wildman–Crippen LogP) is 3.53. The van der Waals surface area contributed by atoms with Crippen molar-refractivity contribution in [3.63, 3.8) is 0 Å². The third-order valence-electron chi connectivity index (χ3n) is 4.85. The van der Waals surface area contributed by atoms with Crippen molar-refractivity contribution in [1.29, 1.82) is 0 Å². The minimum absolute atomic E-state index is 0.247. The maximum absolute atomic E-state index is 12.3. The van der Waals surface area contributed by atoms with E-state index in [9.17, 15) is 4.79 Å². The van der Waals surface area contributed by atoms with Crippen molar-refractivity contribution in [3.05, 3.63) is 16.8 Å². The molecule has 4 nitrogen and oxygen atoms in total. The number of hydrogen-bond donors (Lipinski definition) is 0. The molecule has 3 heterocycles. The molecule has 1 aliphatic heterocycles. The lowest BCUT2D eigenvalue weighted by Gasteiger charge is -2.18. The molecule has 0 aromatic carbocycles. The van der Waals surface area contributed by atoms with Crippen LogP contribution in [-0.4, -0.2) is 39.6 Å². The first kappa shape index (κ1) is 15.4. The van der Waals surface area contributed by atoms with Crippen molar-refractivity contribution in [3.8, 4) is 0 Å². The highest BCUT2D eigenvalue weighted by Gasteiger charge is 2.24. The highest BCUT2D eigenvalue weighted by molar-refractivity contribution is 8.00. The van der Waals surface area contributed by atoms with Crippen LogP contribution in [0.25, 0.3) is 10.2 Å². The van der Waals surface area contributed by atoms with Gasteiger partial charge in [0.05, 0.1) is 5.75 Å². The molecule has 122 valence electrons. The lowest BCUT2D eigenvalue weighted by atomic mass is 9.89. The van der Waals surface area contributed by atoms with Gasteiger partial charge in [-0.3, -0.25) is 4.79 Å². The lowest BCUT2D eigenvalue weighted by Crippen LogP contribution is -2.29. The highest BCUT2D eigenvalue weighted by Crippen LogP contribution is 2.40. The van der Waals surface area contributed by atoms with Gasteiger partial charge < -0.3 is 4.90 Å². The monoisotopic (exact) mass is 347 g/mol. The fourth-order valence-electron chi connectivity index (χ4n) is 3.54. The van der Waals surface area contributed by atoms with Crippen molar-refractivity contribution >= 4 is 39.2 Å². The fourth-order valence-corrected chi connectivity index (χ4v) is 5.89. The van der Waals surface area contributed by atoms with Crippen molar-refractivity contribution in [1.82, 2.24) is 14.9 Å². The Morgan fingerprint density at radius 3 is 3.04 bits per heavy atom. The number of aromatic nitrogens is 2. The minimum atomic E-state index is 0.247. The number of rotatable bonds is 3. The van der Waals surface area contributed by atoms with E-state index in [2.05, 4.69) is 16.9 Å². The number of hydrogen-bond acceptors (Lipinski definition) is 5. The molecule has 2 aliphatic rings. The lowest BCUT2D eigenvalue weighted by molar-refractivity contribution is -0.127. The molecule has 2 aromatic rings. The van der Waals surface area contributed by atoms with Gasteiger partial charge in [-0.2, -0.15) is 0 Å². The zero-order chi connectivity index (χ0) is 15.8. The molecular formula is C17H21N3OS2. The van der Waals surface area contributed by atoms with Crippen LogP contribution in [-0.2, 0) is 17.6 Å². The van der Waals surface area contributed by atoms with Gasteiger partial charge in [0.15, 0.2) is 0 Å². The van der Waals surface area contributed by atoms with E-state index >= 15 is 0 Å². The standard InChI is InChI=1S/C17H21N3OS2/c1-11-4-5-12-13(8-11)23-17-15(12)16(18-10-19-17)22-9-14(21)20-6-2-3-7-20/h10-11H,2-9H2,1H3/t11-/m1/s1. The number of thiophene rings is 1. The third kappa shape index (κ3) is 2.98. The highest BCUT2D eigenvalue weighted by atomic mass is 32.2. The fraction of sp³-hybridized carbons (Fsp3) is 0.588. The van der Waals surface area contributed by atoms with E-state index in [0.717, 1.165) is 54.5 Å². The van der Waals surface area contributed by atoms with Gasteiger partial charge in [-0.05, 0) is 43.6 Å². The van der Waals surface area contributed by atoms with Crippen LogP contribution in [0.2, 0.25) is 0 Å². The summed E-state index contributed by atoms with van der Waals surface area (Å²) in [6.45, 7) is 4.16. The molecule has 0 spiro atoms. The summed E-state index contributed by atoms with van der Waals surface area (Å²) in [5, 5.41) is 2.22. The average Bonchev–Trinajstić information content (AvgIpc) is 3.19. The van der Waals surface area contributed by atoms with Gasteiger partial charge in [0.2, 0.25) is 5.91 Å². The molecule has 1 aliphatic carbocycles. The van der Waals surface area contributed by atoms with Crippen molar-refractivity contribution in [2.24, 2.45) is 5.92 Å². The molecule has 1 amide bonds. The molecule has 23 heavy (non-hydrogen) atoms. The normalized spacial score (nSPS) is 20.9. The van der Waals surface area contributed by atoms with E-state index in [0.29, 0.717) is 5.75 Å². The summed E-state index contributed by atoms with van der Waals surface area (Å²) in [6, 6.07) is 0. The Bertz CT molecular complexity index is 737. The van der Waals surface area contributed by atoms with Crippen LogP contribution < -0.4 is 0 Å². The summed E-state index contributed by atoms with van der Waals surface area (Å²) in [5.74, 6) is 1.50. The maximum atomic E-state index is 12.3. The number of amides is 1. The first-order valence-electron chi connectivity index (χ1n) is 8.38. The van der Waals surface area contributed by atoms with Crippen molar-refractivity contribution < 1.29 is 4.79 Å². The van der Waals surface area contributed by atoms with Gasteiger partial charge in [-0.1, -0.05) is 18.7 Å². The molecule has 4 rings (SSSR count). The van der Waals surface area contributed by atoms with Gasteiger partial charge in [-0.15, -0.1) is 11.3 Å². The Morgan fingerprint density at radius 2 is 2.22 bits per heavy atom. The van der Waals surface area contributed by atoms with Gasteiger partial charge in [-0.25, -0.2) is 9.97 Å². The topological polar surface area (TPSA) is 46.1 Å².